The first-order chi connectivity index (χ1) is 14.5. The van der Waals surface area contributed by atoms with Gasteiger partial charge in [0.2, 0.25) is 5.78 Å². The van der Waals surface area contributed by atoms with Crippen molar-refractivity contribution in [1.82, 2.24) is 0 Å². The first kappa shape index (κ1) is 21.8. The van der Waals surface area contributed by atoms with Gasteiger partial charge in [-0.15, -0.1) is 0 Å². The molecule has 0 bridgehead atoms. The fourth-order valence-electron chi connectivity index (χ4n) is 7.06. The molecule has 168 valence electrons. The molecule has 31 heavy (non-hydrogen) atoms. The summed E-state index contributed by atoms with van der Waals surface area (Å²) in [5, 5.41) is 0. The Balaban J connectivity index is 1.80. The standard InChI is InChI=1S/C24H30O7/c1-14(25)30-12-23(4)19-7-8-24(13-31-15(2)26)17-11-29-10-16(17)5-6-20(24)22(19,3)9-18(27)21(23)28/h10-11,19-20H,5-9,12-13H2,1-4H3. The van der Waals surface area contributed by atoms with Gasteiger partial charge in [-0.3, -0.25) is 19.2 Å². The van der Waals surface area contributed by atoms with Gasteiger partial charge in [-0.05, 0) is 55.4 Å². The normalized spacial score (nSPS) is 36.8. The Hall–Kier alpha value is -2.44. The van der Waals surface area contributed by atoms with Crippen LogP contribution in [0.3, 0.4) is 0 Å². The molecule has 0 spiro atoms. The lowest BCUT2D eigenvalue weighted by molar-refractivity contribution is -0.180. The Labute approximate surface area is 181 Å². The quantitative estimate of drug-likeness (QED) is 0.534. The van der Waals surface area contributed by atoms with Crippen LogP contribution in [0.2, 0.25) is 0 Å². The summed E-state index contributed by atoms with van der Waals surface area (Å²) < 4.78 is 16.4. The lowest BCUT2D eigenvalue weighted by Crippen LogP contribution is -2.65. The number of Topliss-reactive ketones (excluding diaryl/α,β-unsaturated/α-hetero) is 2. The van der Waals surface area contributed by atoms with Crippen LogP contribution in [0.1, 0.15) is 64.5 Å². The minimum absolute atomic E-state index is 0.0249. The zero-order valence-corrected chi connectivity index (χ0v) is 18.6. The molecule has 7 heteroatoms. The third-order valence-corrected chi connectivity index (χ3v) is 8.31. The predicted octanol–water partition coefficient (Wildman–Crippen LogP) is 3.17. The number of carbonyl (C=O) groups is 4. The number of ketones is 2. The SMILES string of the molecule is CC(=O)OCC1(C)C(=O)C(=O)CC2(C)C1CCC1(COC(C)=O)c3cocc3CCC12. The number of rotatable bonds is 4. The average molecular weight is 430 g/mol. The second kappa shape index (κ2) is 7.31. The fourth-order valence-corrected chi connectivity index (χ4v) is 7.06. The van der Waals surface area contributed by atoms with Gasteiger partial charge >= 0.3 is 11.9 Å². The molecule has 1 aromatic heterocycles. The smallest absolute Gasteiger partial charge is 0.302 e. The van der Waals surface area contributed by atoms with Gasteiger partial charge < -0.3 is 13.9 Å². The molecular formula is C24H30O7. The summed E-state index contributed by atoms with van der Waals surface area (Å²) in [6.07, 6.45) is 6.66. The summed E-state index contributed by atoms with van der Waals surface area (Å²) in [6, 6.07) is 0. The molecule has 7 nitrogen and oxygen atoms in total. The number of esters is 2. The monoisotopic (exact) mass is 430 g/mol. The molecule has 0 aromatic carbocycles. The van der Waals surface area contributed by atoms with Crippen LogP contribution in [-0.2, 0) is 40.5 Å². The Bertz CT molecular complexity index is 945. The number of carbonyl (C=O) groups excluding carboxylic acids is 4. The maximum atomic E-state index is 13.0. The summed E-state index contributed by atoms with van der Waals surface area (Å²) in [4.78, 5) is 49.2. The maximum absolute atomic E-state index is 13.0. The molecule has 1 aromatic rings. The average Bonchev–Trinajstić information content (AvgIpc) is 3.19. The van der Waals surface area contributed by atoms with Crippen molar-refractivity contribution in [3.8, 4) is 0 Å². The molecule has 3 aliphatic rings. The van der Waals surface area contributed by atoms with Crippen LogP contribution in [0.5, 0.6) is 0 Å². The molecule has 0 aliphatic heterocycles. The van der Waals surface area contributed by atoms with Crippen LogP contribution in [-0.4, -0.2) is 36.7 Å². The zero-order valence-electron chi connectivity index (χ0n) is 18.6. The minimum Gasteiger partial charge on any atom is -0.472 e. The number of fused-ring (bicyclic) bond motifs is 5. The lowest BCUT2D eigenvalue weighted by Gasteiger charge is -2.63. The Morgan fingerprint density at radius 2 is 1.71 bits per heavy atom. The molecule has 2 saturated carbocycles. The highest BCUT2D eigenvalue weighted by atomic mass is 16.5. The highest BCUT2D eigenvalue weighted by molar-refractivity contribution is 6.40. The summed E-state index contributed by atoms with van der Waals surface area (Å²) >= 11 is 0. The first-order valence-corrected chi connectivity index (χ1v) is 10.9. The Kier molecular flexibility index (Phi) is 5.14. The van der Waals surface area contributed by atoms with Crippen molar-refractivity contribution < 1.29 is 33.1 Å². The fraction of sp³-hybridized carbons (Fsp3) is 0.667. The van der Waals surface area contributed by atoms with E-state index in [9.17, 15) is 19.2 Å². The predicted molar refractivity (Wildman–Crippen MR) is 109 cm³/mol. The summed E-state index contributed by atoms with van der Waals surface area (Å²) in [6.45, 7) is 6.70. The van der Waals surface area contributed by atoms with Crippen molar-refractivity contribution in [3.63, 3.8) is 0 Å². The van der Waals surface area contributed by atoms with Crippen molar-refractivity contribution in [1.29, 1.82) is 0 Å². The first-order valence-electron chi connectivity index (χ1n) is 10.9. The molecule has 1 heterocycles. The molecule has 0 radical (unpaired) electrons. The highest BCUT2D eigenvalue weighted by Crippen LogP contribution is 2.66. The van der Waals surface area contributed by atoms with Crippen molar-refractivity contribution >= 4 is 23.5 Å². The number of hydrogen-bond donors (Lipinski definition) is 0. The third kappa shape index (κ3) is 3.15. The van der Waals surface area contributed by atoms with E-state index in [0.717, 1.165) is 24.0 Å². The van der Waals surface area contributed by atoms with E-state index in [-0.39, 0.29) is 37.4 Å². The molecule has 0 N–H and O–H groups in total. The molecular weight excluding hydrogens is 400 g/mol. The Morgan fingerprint density at radius 3 is 2.39 bits per heavy atom. The van der Waals surface area contributed by atoms with Gasteiger partial charge in [-0.2, -0.15) is 0 Å². The second-order valence-corrected chi connectivity index (χ2v) is 10.1. The van der Waals surface area contributed by atoms with E-state index in [4.69, 9.17) is 13.9 Å². The van der Waals surface area contributed by atoms with Gasteiger partial charge in [0.1, 0.15) is 13.2 Å². The number of aryl methyl sites for hydroxylation is 1. The third-order valence-electron chi connectivity index (χ3n) is 8.31. The highest BCUT2D eigenvalue weighted by Gasteiger charge is 2.67. The molecule has 5 atom stereocenters. The summed E-state index contributed by atoms with van der Waals surface area (Å²) in [7, 11) is 0. The van der Waals surface area contributed by atoms with E-state index in [1.807, 2.05) is 0 Å². The van der Waals surface area contributed by atoms with Crippen LogP contribution < -0.4 is 0 Å². The summed E-state index contributed by atoms with van der Waals surface area (Å²) in [5.41, 5.74) is 0.162. The lowest BCUT2D eigenvalue weighted by atomic mass is 9.40. The number of furan rings is 1. The second-order valence-electron chi connectivity index (χ2n) is 10.1. The van der Waals surface area contributed by atoms with Crippen molar-refractivity contribution in [2.75, 3.05) is 13.2 Å². The van der Waals surface area contributed by atoms with Gasteiger partial charge in [-0.25, -0.2) is 0 Å². The zero-order chi connectivity index (χ0) is 22.6. The minimum atomic E-state index is -1.06. The molecule has 3 aliphatic carbocycles. The summed E-state index contributed by atoms with van der Waals surface area (Å²) in [5.74, 6) is -1.75. The van der Waals surface area contributed by atoms with Crippen LogP contribution in [0.4, 0.5) is 0 Å². The van der Waals surface area contributed by atoms with Gasteiger partial charge in [0, 0.05) is 31.2 Å². The molecule has 4 rings (SSSR count). The topological polar surface area (TPSA) is 99.9 Å². The molecule has 2 fully saturated rings. The number of ether oxygens (including phenoxy) is 2. The van der Waals surface area contributed by atoms with Gasteiger partial charge in [0.05, 0.1) is 17.9 Å². The molecule has 0 amide bonds. The Morgan fingerprint density at radius 1 is 1.03 bits per heavy atom. The number of hydrogen-bond acceptors (Lipinski definition) is 7. The van der Waals surface area contributed by atoms with Gasteiger partial charge in [0.25, 0.3) is 0 Å². The largest absolute Gasteiger partial charge is 0.472 e. The van der Waals surface area contributed by atoms with Crippen molar-refractivity contribution in [2.24, 2.45) is 22.7 Å². The maximum Gasteiger partial charge on any atom is 0.302 e. The van der Waals surface area contributed by atoms with Crippen LogP contribution >= 0.6 is 0 Å². The van der Waals surface area contributed by atoms with Gasteiger partial charge in [0.15, 0.2) is 5.78 Å². The molecule has 5 unspecified atom stereocenters. The van der Waals surface area contributed by atoms with Crippen molar-refractivity contribution in [2.45, 2.75) is 65.2 Å². The van der Waals surface area contributed by atoms with E-state index in [0.29, 0.717) is 12.8 Å². The van der Waals surface area contributed by atoms with Crippen molar-refractivity contribution in [3.05, 3.63) is 23.7 Å². The van der Waals surface area contributed by atoms with Crippen LogP contribution in [0, 0.1) is 22.7 Å². The van der Waals surface area contributed by atoms with Gasteiger partial charge in [-0.1, -0.05) is 6.92 Å². The van der Waals surface area contributed by atoms with E-state index >= 15 is 0 Å². The van der Waals surface area contributed by atoms with E-state index in [1.54, 1.807) is 19.5 Å². The van der Waals surface area contributed by atoms with E-state index < -0.39 is 33.8 Å². The van der Waals surface area contributed by atoms with Crippen LogP contribution in [0.15, 0.2) is 16.9 Å². The van der Waals surface area contributed by atoms with Crippen LogP contribution in [0.25, 0.3) is 0 Å². The molecule has 0 saturated heterocycles. The van der Waals surface area contributed by atoms with E-state index in [1.165, 1.54) is 13.8 Å². The van der Waals surface area contributed by atoms with E-state index in [2.05, 4.69) is 6.92 Å².